The molecule has 0 aliphatic heterocycles. The van der Waals surface area contributed by atoms with E-state index >= 15 is 0 Å². The van der Waals surface area contributed by atoms with E-state index in [2.05, 4.69) is 35.0 Å². The topological polar surface area (TPSA) is 0 Å². The lowest BCUT2D eigenvalue weighted by Crippen LogP contribution is -1.57. The summed E-state index contributed by atoms with van der Waals surface area (Å²) in [6, 6.07) is 0. The molecule has 0 bridgehead atoms. The molecule has 0 fully saturated rings. The molecular formula is C7H11Br. The lowest BCUT2D eigenvalue weighted by atomic mass is 10.4. The largest absolute Gasteiger partial charge is 0.0837 e. The molecule has 0 aromatic carbocycles. The molecule has 0 rings (SSSR count). The molecule has 0 saturated heterocycles. The molecule has 0 aromatic rings. The van der Waals surface area contributed by atoms with Gasteiger partial charge in [-0.1, -0.05) is 41.1 Å². The summed E-state index contributed by atoms with van der Waals surface area (Å²) >= 11 is 3.35. The van der Waals surface area contributed by atoms with E-state index in [9.17, 15) is 0 Å². The highest BCUT2D eigenvalue weighted by atomic mass is 79.9. The van der Waals surface area contributed by atoms with Gasteiger partial charge in [0.25, 0.3) is 0 Å². The van der Waals surface area contributed by atoms with Crippen LogP contribution in [0.4, 0.5) is 0 Å². The summed E-state index contributed by atoms with van der Waals surface area (Å²) in [5.74, 6) is 0. The molecule has 0 N–H and O–H groups in total. The van der Waals surface area contributed by atoms with Crippen LogP contribution in [0.5, 0.6) is 0 Å². The van der Waals surface area contributed by atoms with E-state index in [1.165, 1.54) is 0 Å². The van der Waals surface area contributed by atoms with Gasteiger partial charge in [0, 0.05) is 4.48 Å². The van der Waals surface area contributed by atoms with Crippen LogP contribution in [0.1, 0.15) is 20.3 Å². The molecule has 0 heterocycles. The summed E-state index contributed by atoms with van der Waals surface area (Å²) < 4.78 is 1.15. The summed E-state index contributed by atoms with van der Waals surface area (Å²) in [5, 5.41) is 0. The Morgan fingerprint density at radius 2 is 2.25 bits per heavy atom. The molecule has 0 saturated carbocycles. The normalized spacial score (nSPS) is 13.1. The van der Waals surface area contributed by atoms with E-state index in [1.54, 1.807) is 0 Å². The SMILES string of the molecule is C/C=C(/Br)C=CCC. The molecular weight excluding hydrogens is 164 g/mol. The molecule has 46 valence electrons. The average molecular weight is 175 g/mol. The Balaban J connectivity index is 3.53. The fraction of sp³-hybridized carbons (Fsp3) is 0.429. The number of halogens is 1. The predicted molar refractivity (Wildman–Crippen MR) is 42.1 cm³/mol. The second-order valence-corrected chi connectivity index (χ2v) is 2.40. The van der Waals surface area contributed by atoms with Gasteiger partial charge in [-0.25, -0.2) is 0 Å². The van der Waals surface area contributed by atoms with Gasteiger partial charge in [0.15, 0.2) is 0 Å². The van der Waals surface area contributed by atoms with Gasteiger partial charge in [-0.15, -0.1) is 0 Å². The van der Waals surface area contributed by atoms with Gasteiger partial charge in [-0.2, -0.15) is 0 Å². The number of hydrogen-bond acceptors (Lipinski definition) is 0. The van der Waals surface area contributed by atoms with Crippen LogP contribution in [0.3, 0.4) is 0 Å². The van der Waals surface area contributed by atoms with Gasteiger partial charge < -0.3 is 0 Å². The minimum atomic E-state index is 1.10. The predicted octanol–water partition coefficient (Wildman–Crippen LogP) is 3.25. The Morgan fingerprint density at radius 1 is 1.62 bits per heavy atom. The van der Waals surface area contributed by atoms with Gasteiger partial charge in [0.1, 0.15) is 0 Å². The minimum Gasteiger partial charge on any atom is -0.0837 e. The maximum atomic E-state index is 3.35. The van der Waals surface area contributed by atoms with Crippen LogP contribution in [-0.4, -0.2) is 0 Å². The lowest BCUT2D eigenvalue weighted by Gasteiger charge is -1.81. The van der Waals surface area contributed by atoms with Crippen molar-refractivity contribution in [3.8, 4) is 0 Å². The Labute approximate surface area is 59.4 Å². The zero-order valence-electron chi connectivity index (χ0n) is 5.32. The Morgan fingerprint density at radius 3 is 2.62 bits per heavy atom. The van der Waals surface area contributed by atoms with E-state index in [0.717, 1.165) is 10.9 Å². The summed E-state index contributed by atoms with van der Waals surface area (Å²) in [7, 11) is 0. The first kappa shape index (κ1) is 7.96. The fourth-order valence-corrected chi connectivity index (χ4v) is 0.514. The van der Waals surface area contributed by atoms with Crippen LogP contribution in [0, 0.1) is 0 Å². The molecule has 0 unspecified atom stereocenters. The molecule has 0 aromatic heterocycles. The van der Waals surface area contributed by atoms with E-state index in [4.69, 9.17) is 0 Å². The van der Waals surface area contributed by atoms with Crippen LogP contribution >= 0.6 is 15.9 Å². The van der Waals surface area contributed by atoms with Crippen molar-refractivity contribution in [3.05, 3.63) is 22.7 Å². The molecule has 0 spiro atoms. The maximum absolute atomic E-state index is 3.35. The second-order valence-electron chi connectivity index (χ2n) is 1.48. The van der Waals surface area contributed by atoms with Crippen LogP contribution < -0.4 is 0 Å². The Bertz CT molecular complexity index is 101. The Hall–Kier alpha value is -0.0400. The van der Waals surface area contributed by atoms with E-state index in [1.807, 2.05) is 13.0 Å². The third-order valence-electron chi connectivity index (χ3n) is 0.789. The zero-order valence-corrected chi connectivity index (χ0v) is 6.90. The van der Waals surface area contributed by atoms with Crippen LogP contribution in [0.15, 0.2) is 22.7 Å². The highest BCUT2D eigenvalue weighted by molar-refractivity contribution is 9.11. The molecule has 0 amide bonds. The lowest BCUT2D eigenvalue weighted by molar-refractivity contribution is 1.22. The number of rotatable bonds is 2. The van der Waals surface area contributed by atoms with Crippen molar-refractivity contribution < 1.29 is 0 Å². The van der Waals surface area contributed by atoms with Crippen LogP contribution in [-0.2, 0) is 0 Å². The van der Waals surface area contributed by atoms with E-state index in [-0.39, 0.29) is 0 Å². The van der Waals surface area contributed by atoms with Gasteiger partial charge in [0.05, 0.1) is 0 Å². The third kappa shape index (κ3) is 4.13. The highest BCUT2D eigenvalue weighted by Crippen LogP contribution is 2.05. The van der Waals surface area contributed by atoms with Crippen molar-refractivity contribution in [3.63, 3.8) is 0 Å². The van der Waals surface area contributed by atoms with Crippen LogP contribution in [0.2, 0.25) is 0 Å². The van der Waals surface area contributed by atoms with Gasteiger partial charge >= 0.3 is 0 Å². The molecule has 0 atom stereocenters. The third-order valence-corrected chi connectivity index (χ3v) is 1.51. The monoisotopic (exact) mass is 174 g/mol. The van der Waals surface area contributed by atoms with Crippen molar-refractivity contribution in [1.82, 2.24) is 0 Å². The first-order valence-corrected chi connectivity index (χ1v) is 3.59. The summed E-state index contributed by atoms with van der Waals surface area (Å²) in [5.41, 5.74) is 0. The molecule has 0 radical (unpaired) electrons. The van der Waals surface area contributed by atoms with Crippen molar-refractivity contribution in [2.24, 2.45) is 0 Å². The van der Waals surface area contributed by atoms with Gasteiger partial charge in [-0.3, -0.25) is 0 Å². The van der Waals surface area contributed by atoms with Gasteiger partial charge in [0.2, 0.25) is 0 Å². The zero-order chi connectivity index (χ0) is 6.41. The summed E-state index contributed by atoms with van der Waals surface area (Å²) in [4.78, 5) is 0. The highest BCUT2D eigenvalue weighted by Gasteiger charge is 1.74. The quantitative estimate of drug-likeness (QED) is 0.565. The summed E-state index contributed by atoms with van der Waals surface area (Å²) in [6.07, 6.45) is 7.29. The first-order chi connectivity index (χ1) is 3.81. The molecule has 0 nitrogen and oxygen atoms in total. The number of hydrogen-bond donors (Lipinski definition) is 0. The molecule has 0 aliphatic carbocycles. The minimum absolute atomic E-state index is 1.10. The maximum Gasteiger partial charge on any atom is 0.0129 e. The number of allylic oxidation sites excluding steroid dienone is 4. The van der Waals surface area contributed by atoms with Crippen molar-refractivity contribution in [2.75, 3.05) is 0 Å². The van der Waals surface area contributed by atoms with Crippen LogP contribution in [0.25, 0.3) is 0 Å². The van der Waals surface area contributed by atoms with E-state index < -0.39 is 0 Å². The molecule has 8 heavy (non-hydrogen) atoms. The summed E-state index contributed by atoms with van der Waals surface area (Å²) in [6.45, 7) is 4.12. The van der Waals surface area contributed by atoms with Crippen molar-refractivity contribution in [2.45, 2.75) is 20.3 Å². The van der Waals surface area contributed by atoms with E-state index in [0.29, 0.717) is 0 Å². The van der Waals surface area contributed by atoms with Crippen molar-refractivity contribution in [1.29, 1.82) is 0 Å². The first-order valence-electron chi connectivity index (χ1n) is 2.79. The molecule has 0 aliphatic rings. The average Bonchev–Trinajstić information content (AvgIpc) is 1.83. The van der Waals surface area contributed by atoms with Crippen molar-refractivity contribution >= 4 is 15.9 Å². The fourth-order valence-electron chi connectivity index (χ4n) is 0.327. The Kier molecular flexibility index (Phi) is 5.08. The standard InChI is InChI=1S/C7H11Br/c1-3-5-6-7(8)4-2/h4-6H,3H2,1-2H3/b6-5?,7-4+. The second kappa shape index (κ2) is 5.10. The van der Waals surface area contributed by atoms with Gasteiger partial charge in [-0.05, 0) is 13.3 Å². The smallest absolute Gasteiger partial charge is 0.0129 e. The molecule has 1 heteroatoms.